The summed E-state index contributed by atoms with van der Waals surface area (Å²) in [6, 6.07) is -1.17. The fourth-order valence-corrected chi connectivity index (χ4v) is 2.89. The number of thiophene rings is 1. The van der Waals surface area contributed by atoms with E-state index in [-0.39, 0.29) is 16.9 Å². The van der Waals surface area contributed by atoms with Crippen LogP contribution >= 0.6 is 11.3 Å². The van der Waals surface area contributed by atoms with Gasteiger partial charge in [-0.3, -0.25) is 9.59 Å². The summed E-state index contributed by atoms with van der Waals surface area (Å²) in [5.41, 5.74) is 0.123. The van der Waals surface area contributed by atoms with Gasteiger partial charge in [-0.2, -0.15) is 0 Å². The second-order valence-corrected chi connectivity index (χ2v) is 5.24. The van der Waals surface area contributed by atoms with E-state index >= 15 is 0 Å². The van der Waals surface area contributed by atoms with Gasteiger partial charge in [0.2, 0.25) is 0 Å². The van der Waals surface area contributed by atoms with Gasteiger partial charge in [-0.1, -0.05) is 0 Å². The van der Waals surface area contributed by atoms with E-state index in [0.717, 1.165) is 11.3 Å². The topological polar surface area (TPSA) is 112 Å². The Morgan fingerprint density at radius 2 is 2.33 bits per heavy atom. The smallest absolute Gasteiger partial charge is 0.327 e. The quantitative estimate of drug-likeness (QED) is 0.712. The second kappa shape index (κ2) is 5.76. The van der Waals surface area contributed by atoms with Crippen molar-refractivity contribution in [2.45, 2.75) is 19.4 Å². The Morgan fingerprint density at radius 1 is 1.62 bits per heavy atom. The monoisotopic (exact) mass is 305 g/mol. The minimum Gasteiger partial charge on any atom is -0.480 e. The summed E-state index contributed by atoms with van der Waals surface area (Å²) >= 11 is 1.03. The molecule has 0 spiro atoms. The number of rotatable bonds is 4. The number of aromatic amines is 1. The normalized spacial score (nSPS) is 11.8. The third-order valence-corrected chi connectivity index (χ3v) is 4.06. The van der Waals surface area contributed by atoms with Gasteiger partial charge in [-0.05, 0) is 12.5 Å². The van der Waals surface area contributed by atoms with E-state index in [1.807, 2.05) is 0 Å². The van der Waals surface area contributed by atoms with Gasteiger partial charge in [0, 0.05) is 6.42 Å². The lowest BCUT2D eigenvalue weighted by Crippen LogP contribution is -2.40. The van der Waals surface area contributed by atoms with Crippen LogP contribution in [0.3, 0.4) is 0 Å². The van der Waals surface area contributed by atoms with Crippen LogP contribution in [-0.4, -0.2) is 33.0 Å². The van der Waals surface area contributed by atoms with E-state index in [2.05, 4.69) is 21.2 Å². The summed E-state index contributed by atoms with van der Waals surface area (Å²) in [5, 5.41) is 11.7. The largest absolute Gasteiger partial charge is 0.480 e. The summed E-state index contributed by atoms with van der Waals surface area (Å²) < 4.78 is 0. The predicted octanol–water partition coefficient (Wildman–Crippen LogP) is 0.499. The predicted molar refractivity (Wildman–Crippen MR) is 77.3 cm³/mol. The van der Waals surface area contributed by atoms with Crippen molar-refractivity contribution in [3.8, 4) is 12.3 Å². The molecule has 0 saturated carbocycles. The first-order valence-corrected chi connectivity index (χ1v) is 6.71. The van der Waals surface area contributed by atoms with E-state index in [1.54, 1.807) is 6.92 Å². The van der Waals surface area contributed by atoms with Crippen molar-refractivity contribution in [1.82, 2.24) is 15.3 Å². The maximum atomic E-state index is 12.2. The SMILES string of the molecule is C#CCC(NC(=O)c1sc2nc[nH]c(=O)c2c1C)C(=O)O. The van der Waals surface area contributed by atoms with Crippen LogP contribution in [0, 0.1) is 19.3 Å². The number of fused-ring (bicyclic) bond motifs is 1. The van der Waals surface area contributed by atoms with Crippen molar-refractivity contribution in [3.05, 3.63) is 27.1 Å². The Kier molecular flexibility index (Phi) is 4.05. The average Bonchev–Trinajstić information content (AvgIpc) is 2.77. The van der Waals surface area contributed by atoms with Crippen LogP contribution in [0.2, 0.25) is 0 Å². The van der Waals surface area contributed by atoms with E-state index in [1.165, 1.54) is 6.33 Å². The van der Waals surface area contributed by atoms with Crippen LogP contribution in [0.4, 0.5) is 0 Å². The second-order valence-electron chi connectivity index (χ2n) is 4.24. The molecule has 0 aliphatic heterocycles. The maximum Gasteiger partial charge on any atom is 0.327 e. The number of aryl methyl sites for hydroxylation is 1. The molecule has 1 atom stereocenters. The van der Waals surface area contributed by atoms with Crippen molar-refractivity contribution < 1.29 is 14.7 Å². The molecule has 108 valence electrons. The molecule has 2 heterocycles. The van der Waals surface area contributed by atoms with Gasteiger partial charge in [0.25, 0.3) is 11.5 Å². The molecular formula is C13H11N3O4S. The van der Waals surface area contributed by atoms with E-state index in [4.69, 9.17) is 11.5 Å². The number of carbonyl (C=O) groups excluding carboxylic acids is 1. The average molecular weight is 305 g/mol. The maximum absolute atomic E-state index is 12.2. The van der Waals surface area contributed by atoms with Crippen LogP contribution in [0.5, 0.6) is 0 Å². The summed E-state index contributed by atoms with van der Waals surface area (Å²) in [5.74, 6) is 0.399. The van der Waals surface area contributed by atoms with Crippen LogP contribution < -0.4 is 10.9 Å². The number of H-pyrrole nitrogens is 1. The molecule has 21 heavy (non-hydrogen) atoms. The summed E-state index contributed by atoms with van der Waals surface area (Å²) in [6.07, 6.45) is 6.20. The molecule has 0 saturated heterocycles. The number of carboxylic acid groups (broad SMARTS) is 1. The van der Waals surface area contributed by atoms with Crippen molar-refractivity contribution in [1.29, 1.82) is 0 Å². The first kappa shape index (κ1) is 14.7. The molecule has 3 N–H and O–H groups in total. The number of amides is 1. The number of carbonyl (C=O) groups is 2. The van der Waals surface area contributed by atoms with E-state index in [0.29, 0.717) is 15.8 Å². The Balaban J connectivity index is 2.38. The minimum absolute atomic E-state index is 0.121. The zero-order valence-electron chi connectivity index (χ0n) is 11.0. The van der Waals surface area contributed by atoms with Crippen LogP contribution in [0.25, 0.3) is 10.2 Å². The Hall–Kier alpha value is -2.66. The summed E-state index contributed by atoms with van der Waals surface area (Å²) in [6.45, 7) is 1.61. The first-order valence-electron chi connectivity index (χ1n) is 5.89. The lowest BCUT2D eigenvalue weighted by atomic mass is 10.2. The Labute approximate surface area is 123 Å². The molecule has 2 rings (SSSR count). The highest BCUT2D eigenvalue weighted by Gasteiger charge is 2.23. The number of hydrogen-bond acceptors (Lipinski definition) is 5. The van der Waals surface area contributed by atoms with Gasteiger partial charge in [-0.25, -0.2) is 9.78 Å². The zero-order chi connectivity index (χ0) is 15.6. The number of aliphatic carboxylic acids is 1. The Bertz CT molecular complexity index is 815. The van der Waals surface area contributed by atoms with Gasteiger partial charge >= 0.3 is 5.97 Å². The molecule has 0 bridgehead atoms. The molecule has 7 nitrogen and oxygen atoms in total. The fourth-order valence-electron chi connectivity index (χ4n) is 1.84. The van der Waals surface area contributed by atoms with Gasteiger partial charge in [0.05, 0.1) is 16.6 Å². The van der Waals surface area contributed by atoms with Crippen LogP contribution in [0.15, 0.2) is 11.1 Å². The third-order valence-electron chi connectivity index (χ3n) is 2.86. The zero-order valence-corrected chi connectivity index (χ0v) is 11.8. The number of aromatic nitrogens is 2. The van der Waals surface area contributed by atoms with Crippen molar-refractivity contribution in [2.24, 2.45) is 0 Å². The number of nitrogens with zero attached hydrogens (tertiary/aromatic N) is 1. The Morgan fingerprint density at radius 3 is 2.90 bits per heavy atom. The van der Waals surface area contributed by atoms with Crippen LogP contribution in [0.1, 0.15) is 21.7 Å². The molecular weight excluding hydrogens is 294 g/mol. The van der Waals surface area contributed by atoms with Gasteiger partial charge in [0.1, 0.15) is 10.9 Å². The molecule has 1 amide bonds. The highest BCUT2D eigenvalue weighted by Crippen LogP contribution is 2.26. The molecule has 2 aromatic heterocycles. The molecule has 0 aliphatic rings. The molecule has 1 unspecified atom stereocenters. The number of hydrogen-bond donors (Lipinski definition) is 3. The van der Waals surface area contributed by atoms with Gasteiger partial charge in [-0.15, -0.1) is 23.7 Å². The molecule has 2 aromatic rings. The lowest BCUT2D eigenvalue weighted by Gasteiger charge is -2.11. The van der Waals surface area contributed by atoms with Gasteiger partial charge < -0.3 is 15.4 Å². The molecule has 0 aromatic carbocycles. The first-order chi connectivity index (χ1) is 9.95. The van der Waals surface area contributed by atoms with Gasteiger partial charge in [0.15, 0.2) is 0 Å². The standard InChI is InChI=1S/C13H11N3O4S/c1-3-4-7(13(19)20)16-11(18)9-6(2)8-10(17)14-5-15-12(8)21-9/h1,5,7H,4H2,2H3,(H,16,18)(H,19,20)(H,14,15,17). The van der Waals surface area contributed by atoms with E-state index < -0.39 is 17.9 Å². The molecule has 8 heteroatoms. The van der Waals surface area contributed by atoms with Crippen LogP contribution in [-0.2, 0) is 4.79 Å². The number of carboxylic acids is 1. The van der Waals surface area contributed by atoms with Crippen molar-refractivity contribution in [2.75, 3.05) is 0 Å². The fraction of sp³-hybridized carbons (Fsp3) is 0.231. The summed E-state index contributed by atoms with van der Waals surface area (Å²) in [4.78, 5) is 42.0. The highest BCUT2D eigenvalue weighted by atomic mass is 32.1. The third kappa shape index (κ3) is 2.78. The highest BCUT2D eigenvalue weighted by molar-refractivity contribution is 7.20. The molecule has 0 radical (unpaired) electrons. The van der Waals surface area contributed by atoms with E-state index in [9.17, 15) is 14.4 Å². The number of terminal acetylenes is 1. The van der Waals surface area contributed by atoms with Crippen molar-refractivity contribution in [3.63, 3.8) is 0 Å². The molecule has 0 aliphatic carbocycles. The summed E-state index contributed by atoms with van der Waals surface area (Å²) in [7, 11) is 0. The number of nitrogens with one attached hydrogen (secondary N) is 2. The lowest BCUT2D eigenvalue weighted by molar-refractivity contribution is -0.139. The molecule has 0 fully saturated rings. The van der Waals surface area contributed by atoms with Crippen molar-refractivity contribution >= 4 is 33.4 Å². The minimum atomic E-state index is -1.21.